The number of hydrogen-bond donors (Lipinski definition) is 1. The Balaban J connectivity index is 2.09. The number of carboxylic acids is 1. The second-order valence-corrected chi connectivity index (χ2v) is 5.78. The first-order chi connectivity index (χ1) is 11.6. The van der Waals surface area contributed by atoms with Crippen LogP contribution in [0.4, 0.5) is 0 Å². The molecule has 24 heavy (non-hydrogen) atoms. The van der Waals surface area contributed by atoms with Crippen molar-refractivity contribution >= 4 is 28.5 Å². The van der Waals surface area contributed by atoms with Crippen LogP contribution in [0.3, 0.4) is 0 Å². The van der Waals surface area contributed by atoms with Crippen LogP contribution in [0.1, 0.15) is 23.7 Å². The fraction of sp³-hybridized carbons (Fsp3) is 0.158. The first-order valence-corrected chi connectivity index (χ1v) is 8.03. The molecular formula is C19H16ClNO3. The highest BCUT2D eigenvalue weighted by Crippen LogP contribution is 2.29. The van der Waals surface area contributed by atoms with Gasteiger partial charge >= 0.3 is 5.97 Å². The summed E-state index contributed by atoms with van der Waals surface area (Å²) in [5, 5.41) is 10.5. The van der Waals surface area contributed by atoms with E-state index < -0.39 is 5.97 Å². The Labute approximate surface area is 144 Å². The lowest BCUT2D eigenvalue weighted by molar-refractivity contribution is 0.0699. The van der Waals surface area contributed by atoms with Crippen molar-refractivity contribution in [2.45, 2.75) is 13.3 Å². The summed E-state index contributed by atoms with van der Waals surface area (Å²) in [6, 6.07) is 14.1. The van der Waals surface area contributed by atoms with E-state index in [0.717, 1.165) is 17.7 Å². The number of rotatable bonds is 5. The second-order valence-electron chi connectivity index (χ2n) is 5.37. The van der Waals surface area contributed by atoms with E-state index in [9.17, 15) is 9.90 Å². The van der Waals surface area contributed by atoms with Crippen LogP contribution in [0.25, 0.3) is 22.2 Å². The lowest BCUT2D eigenvalue weighted by atomic mass is 10.0. The molecule has 5 heteroatoms. The number of nitrogens with zero attached hydrogens (tertiary/aromatic N) is 1. The quantitative estimate of drug-likeness (QED) is 0.706. The smallest absolute Gasteiger partial charge is 0.336 e. The summed E-state index contributed by atoms with van der Waals surface area (Å²) in [5.41, 5.74) is 2.04. The molecule has 0 bridgehead atoms. The van der Waals surface area contributed by atoms with Gasteiger partial charge in [-0.2, -0.15) is 0 Å². The topological polar surface area (TPSA) is 59.4 Å². The minimum atomic E-state index is -1.01. The largest absolute Gasteiger partial charge is 0.494 e. The summed E-state index contributed by atoms with van der Waals surface area (Å²) in [6.45, 7) is 2.71. The molecule has 0 radical (unpaired) electrons. The molecule has 0 aliphatic heterocycles. The van der Waals surface area contributed by atoms with Crippen LogP contribution in [0, 0.1) is 0 Å². The van der Waals surface area contributed by atoms with Gasteiger partial charge in [0.25, 0.3) is 0 Å². The number of ether oxygens (including phenoxy) is 1. The number of para-hydroxylation sites is 1. The molecule has 3 aromatic rings. The number of hydrogen-bond acceptors (Lipinski definition) is 3. The summed E-state index contributed by atoms with van der Waals surface area (Å²) in [4.78, 5) is 16.1. The zero-order valence-electron chi connectivity index (χ0n) is 13.1. The molecule has 4 nitrogen and oxygen atoms in total. The number of benzene rings is 2. The van der Waals surface area contributed by atoms with Crippen molar-refractivity contribution in [3.63, 3.8) is 0 Å². The molecule has 0 unspecified atom stereocenters. The molecular weight excluding hydrogens is 326 g/mol. The lowest BCUT2D eigenvalue weighted by Crippen LogP contribution is -2.00. The molecule has 0 fully saturated rings. The predicted molar refractivity (Wildman–Crippen MR) is 94.9 cm³/mol. The molecule has 3 rings (SSSR count). The molecule has 122 valence electrons. The lowest BCUT2D eigenvalue weighted by Gasteiger charge is -2.09. The molecule has 0 saturated heterocycles. The first kappa shape index (κ1) is 16.3. The predicted octanol–water partition coefficient (Wildman–Crippen LogP) is 5.04. The summed E-state index contributed by atoms with van der Waals surface area (Å²) < 4.78 is 5.56. The van der Waals surface area contributed by atoms with Crippen molar-refractivity contribution in [2.75, 3.05) is 6.61 Å². The minimum Gasteiger partial charge on any atom is -0.494 e. The molecule has 0 aliphatic rings. The molecule has 0 saturated carbocycles. The van der Waals surface area contributed by atoms with Crippen LogP contribution in [0.5, 0.6) is 5.75 Å². The number of halogens is 1. The van der Waals surface area contributed by atoms with Gasteiger partial charge in [-0.3, -0.25) is 0 Å². The SMILES string of the molecule is CCCOc1ccc(-c2cc(C(=O)O)c3cccc(Cl)c3n2)cc1. The first-order valence-electron chi connectivity index (χ1n) is 7.66. The van der Waals surface area contributed by atoms with Crippen molar-refractivity contribution in [2.24, 2.45) is 0 Å². The zero-order chi connectivity index (χ0) is 17.1. The molecule has 1 aromatic heterocycles. The summed E-state index contributed by atoms with van der Waals surface area (Å²) in [7, 11) is 0. The number of fused-ring (bicyclic) bond motifs is 1. The van der Waals surface area contributed by atoms with Crippen LogP contribution in [-0.2, 0) is 0 Å². The molecule has 2 aromatic carbocycles. The van der Waals surface area contributed by atoms with Gasteiger partial charge in [-0.25, -0.2) is 9.78 Å². The van der Waals surface area contributed by atoms with Crippen LogP contribution < -0.4 is 4.74 Å². The van der Waals surface area contributed by atoms with Gasteiger partial charge in [0.2, 0.25) is 0 Å². The normalized spacial score (nSPS) is 10.8. The van der Waals surface area contributed by atoms with Gasteiger partial charge in [0.15, 0.2) is 0 Å². The third-order valence-corrected chi connectivity index (χ3v) is 3.95. The van der Waals surface area contributed by atoms with Crippen molar-refractivity contribution in [1.29, 1.82) is 0 Å². The van der Waals surface area contributed by atoms with Crippen LogP contribution in [0.2, 0.25) is 5.02 Å². The third kappa shape index (κ3) is 3.19. The highest BCUT2D eigenvalue weighted by atomic mass is 35.5. The average Bonchev–Trinajstić information content (AvgIpc) is 2.60. The maximum atomic E-state index is 11.6. The third-order valence-electron chi connectivity index (χ3n) is 3.64. The molecule has 0 atom stereocenters. The fourth-order valence-corrected chi connectivity index (χ4v) is 2.70. The van der Waals surface area contributed by atoms with E-state index in [2.05, 4.69) is 4.98 Å². The van der Waals surface area contributed by atoms with Crippen molar-refractivity contribution < 1.29 is 14.6 Å². The van der Waals surface area contributed by atoms with E-state index in [1.807, 2.05) is 31.2 Å². The number of pyridine rings is 1. The number of carboxylic acid groups (broad SMARTS) is 1. The van der Waals surface area contributed by atoms with Gasteiger partial charge in [0, 0.05) is 10.9 Å². The van der Waals surface area contributed by atoms with Gasteiger partial charge in [0.1, 0.15) is 5.75 Å². The summed E-state index contributed by atoms with van der Waals surface area (Å²) in [6.07, 6.45) is 0.939. The Morgan fingerprint density at radius 2 is 1.96 bits per heavy atom. The van der Waals surface area contributed by atoms with Crippen LogP contribution in [0.15, 0.2) is 48.5 Å². The fourth-order valence-electron chi connectivity index (χ4n) is 2.48. The highest BCUT2D eigenvalue weighted by molar-refractivity contribution is 6.35. The van der Waals surface area contributed by atoms with Gasteiger partial charge in [-0.05, 0) is 42.8 Å². The maximum absolute atomic E-state index is 11.6. The van der Waals surface area contributed by atoms with Gasteiger partial charge < -0.3 is 9.84 Å². The van der Waals surface area contributed by atoms with E-state index in [0.29, 0.717) is 28.2 Å². The van der Waals surface area contributed by atoms with Crippen molar-refractivity contribution in [3.8, 4) is 17.0 Å². The Bertz CT molecular complexity index is 891. The van der Waals surface area contributed by atoms with E-state index >= 15 is 0 Å². The molecule has 0 aliphatic carbocycles. The van der Waals surface area contributed by atoms with Crippen molar-refractivity contribution in [1.82, 2.24) is 4.98 Å². The zero-order valence-corrected chi connectivity index (χ0v) is 13.9. The summed E-state index contributed by atoms with van der Waals surface area (Å²) >= 11 is 6.20. The van der Waals surface area contributed by atoms with E-state index in [1.165, 1.54) is 0 Å². The Hall–Kier alpha value is -2.59. The molecule has 1 N–H and O–H groups in total. The maximum Gasteiger partial charge on any atom is 0.336 e. The highest BCUT2D eigenvalue weighted by Gasteiger charge is 2.14. The standard InChI is InChI=1S/C19H16ClNO3/c1-2-10-24-13-8-6-12(7-9-13)17-11-15(19(22)23)14-4-3-5-16(20)18(14)21-17/h3-9,11H,2,10H2,1H3,(H,22,23). The van der Waals surface area contributed by atoms with E-state index in [-0.39, 0.29) is 5.56 Å². The Morgan fingerprint density at radius 3 is 2.62 bits per heavy atom. The average molecular weight is 342 g/mol. The summed E-state index contributed by atoms with van der Waals surface area (Å²) in [5.74, 6) is -0.230. The van der Waals surface area contributed by atoms with Crippen molar-refractivity contribution in [3.05, 3.63) is 59.1 Å². The van der Waals surface area contributed by atoms with Gasteiger partial charge in [-0.1, -0.05) is 30.7 Å². The molecule has 1 heterocycles. The van der Waals surface area contributed by atoms with E-state index in [1.54, 1.807) is 24.3 Å². The number of carbonyl (C=O) groups is 1. The molecule has 0 spiro atoms. The van der Waals surface area contributed by atoms with Crippen LogP contribution in [-0.4, -0.2) is 22.7 Å². The Kier molecular flexibility index (Phi) is 4.67. The van der Waals surface area contributed by atoms with Gasteiger partial charge in [-0.15, -0.1) is 0 Å². The van der Waals surface area contributed by atoms with E-state index in [4.69, 9.17) is 16.3 Å². The number of aromatic carboxylic acids is 1. The van der Waals surface area contributed by atoms with Crippen LogP contribution >= 0.6 is 11.6 Å². The minimum absolute atomic E-state index is 0.184. The second kappa shape index (κ2) is 6.89. The Morgan fingerprint density at radius 1 is 1.21 bits per heavy atom. The molecule has 0 amide bonds. The van der Waals surface area contributed by atoms with Gasteiger partial charge in [0.05, 0.1) is 28.4 Å². The monoisotopic (exact) mass is 341 g/mol. The number of aromatic nitrogens is 1.